The summed E-state index contributed by atoms with van der Waals surface area (Å²) in [6, 6.07) is 26.8. The summed E-state index contributed by atoms with van der Waals surface area (Å²) < 4.78 is 0. The molecule has 0 atom stereocenters. The van der Waals surface area contributed by atoms with E-state index in [1.807, 2.05) is 42.5 Å². The summed E-state index contributed by atoms with van der Waals surface area (Å²) in [4.78, 5) is 0. The van der Waals surface area contributed by atoms with Crippen molar-refractivity contribution in [2.24, 2.45) is 0 Å². The highest BCUT2D eigenvalue weighted by molar-refractivity contribution is 6.96. The maximum atomic E-state index is 5.74. The molecule has 1 heteroatoms. The Hall–Kier alpha value is -3.00. The number of terminal acetylenes is 2. The smallest absolute Gasteiger partial charge is 0.115 e. The molecule has 1 radical (unpaired) electrons. The quantitative estimate of drug-likeness (QED) is 0.395. The van der Waals surface area contributed by atoms with Crippen LogP contribution in [0.3, 0.4) is 0 Å². The molecular weight excluding hydrogens is 292 g/mol. The highest BCUT2D eigenvalue weighted by Crippen LogP contribution is 2.03. The standard InChI is InChI=1S/C22H15Si/c1-3-18-12-8-10-16-21(18)23(20-14-6-5-7-15-20)22-17-11-9-13-19(22)4-2/h1-2,5-17H. The zero-order valence-corrected chi connectivity index (χ0v) is 13.7. The Labute approximate surface area is 139 Å². The molecule has 107 valence electrons. The fourth-order valence-electron chi connectivity index (χ4n) is 2.71. The highest BCUT2D eigenvalue weighted by Gasteiger charge is 2.23. The van der Waals surface area contributed by atoms with Crippen molar-refractivity contribution in [3.05, 3.63) is 90.0 Å². The number of hydrogen-bond donors (Lipinski definition) is 0. The van der Waals surface area contributed by atoms with Crippen molar-refractivity contribution < 1.29 is 0 Å². The van der Waals surface area contributed by atoms with Gasteiger partial charge < -0.3 is 0 Å². The van der Waals surface area contributed by atoms with Gasteiger partial charge in [-0.05, 0) is 22.5 Å². The maximum absolute atomic E-state index is 5.74. The lowest BCUT2D eigenvalue weighted by Crippen LogP contribution is -2.53. The molecule has 0 aliphatic heterocycles. The zero-order chi connectivity index (χ0) is 16.1. The average molecular weight is 307 g/mol. The van der Waals surface area contributed by atoms with Crippen molar-refractivity contribution in [3.63, 3.8) is 0 Å². The molecule has 0 aliphatic carbocycles. The van der Waals surface area contributed by atoms with E-state index in [0.29, 0.717) is 0 Å². The largest absolute Gasteiger partial charge is 0.157 e. The molecule has 3 rings (SSSR count). The van der Waals surface area contributed by atoms with Crippen LogP contribution in [0.2, 0.25) is 0 Å². The van der Waals surface area contributed by atoms with Gasteiger partial charge in [0.05, 0.1) is 0 Å². The van der Waals surface area contributed by atoms with Gasteiger partial charge in [-0.15, -0.1) is 12.8 Å². The molecule has 23 heavy (non-hydrogen) atoms. The van der Waals surface area contributed by atoms with E-state index in [2.05, 4.69) is 48.2 Å². The van der Waals surface area contributed by atoms with E-state index in [1.165, 1.54) is 15.6 Å². The molecule has 0 saturated carbocycles. The maximum Gasteiger partial charge on any atom is 0.157 e. The van der Waals surface area contributed by atoms with Crippen molar-refractivity contribution in [2.75, 3.05) is 0 Å². The molecule has 0 bridgehead atoms. The van der Waals surface area contributed by atoms with E-state index in [9.17, 15) is 0 Å². The molecule has 0 spiro atoms. The summed E-state index contributed by atoms with van der Waals surface area (Å²) in [6.07, 6.45) is 11.5. The predicted octanol–water partition coefficient (Wildman–Crippen LogP) is 2.17. The van der Waals surface area contributed by atoms with Crippen LogP contribution in [0.4, 0.5) is 0 Å². The van der Waals surface area contributed by atoms with Gasteiger partial charge in [-0.1, -0.05) is 83.8 Å². The van der Waals surface area contributed by atoms with Gasteiger partial charge >= 0.3 is 0 Å². The van der Waals surface area contributed by atoms with E-state index in [0.717, 1.165) is 11.1 Å². The zero-order valence-electron chi connectivity index (χ0n) is 12.7. The van der Waals surface area contributed by atoms with Crippen molar-refractivity contribution in [2.45, 2.75) is 0 Å². The second-order valence-electron chi connectivity index (χ2n) is 5.12. The summed E-state index contributed by atoms with van der Waals surface area (Å²) in [5.74, 6) is 5.65. The van der Waals surface area contributed by atoms with Gasteiger partial charge in [0.15, 0.2) is 8.80 Å². The second-order valence-corrected chi connectivity index (χ2v) is 7.53. The third kappa shape index (κ3) is 2.97. The van der Waals surface area contributed by atoms with Crippen molar-refractivity contribution in [1.29, 1.82) is 0 Å². The first kappa shape index (κ1) is 14.9. The molecule has 0 heterocycles. The van der Waals surface area contributed by atoms with Crippen molar-refractivity contribution >= 4 is 24.4 Å². The molecule has 3 aromatic rings. The van der Waals surface area contributed by atoms with Crippen LogP contribution in [-0.4, -0.2) is 8.80 Å². The van der Waals surface area contributed by atoms with E-state index >= 15 is 0 Å². The molecular formula is C22H15Si. The van der Waals surface area contributed by atoms with E-state index < -0.39 is 8.80 Å². The monoisotopic (exact) mass is 307 g/mol. The minimum absolute atomic E-state index is 0.942. The lowest BCUT2D eigenvalue weighted by Gasteiger charge is -2.19. The van der Waals surface area contributed by atoms with Crippen LogP contribution in [0.15, 0.2) is 78.9 Å². The normalized spacial score (nSPS) is 10.0. The van der Waals surface area contributed by atoms with Crippen molar-refractivity contribution in [3.8, 4) is 24.7 Å². The van der Waals surface area contributed by atoms with Gasteiger partial charge in [0.1, 0.15) is 0 Å². The molecule has 0 fully saturated rings. The van der Waals surface area contributed by atoms with E-state index in [-0.39, 0.29) is 0 Å². The fourth-order valence-corrected chi connectivity index (χ4v) is 5.53. The van der Waals surface area contributed by atoms with Crippen LogP contribution >= 0.6 is 0 Å². The third-order valence-corrected chi connectivity index (χ3v) is 6.63. The van der Waals surface area contributed by atoms with Crippen LogP contribution < -0.4 is 15.6 Å². The number of benzene rings is 3. The van der Waals surface area contributed by atoms with E-state index in [4.69, 9.17) is 12.8 Å². The molecule has 0 amide bonds. The fraction of sp³-hybridized carbons (Fsp3) is 0. The van der Waals surface area contributed by atoms with Crippen LogP contribution in [-0.2, 0) is 0 Å². The summed E-state index contributed by atoms with van der Waals surface area (Å²) in [7, 11) is -1.25. The van der Waals surface area contributed by atoms with Gasteiger partial charge in [0.25, 0.3) is 0 Å². The molecule has 0 aromatic heterocycles. The third-order valence-electron chi connectivity index (χ3n) is 3.77. The van der Waals surface area contributed by atoms with Crippen LogP contribution in [0.5, 0.6) is 0 Å². The predicted molar refractivity (Wildman–Crippen MR) is 99.9 cm³/mol. The lowest BCUT2D eigenvalue weighted by atomic mass is 10.2. The molecule has 0 aliphatic rings. The number of rotatable bonds is 3. The topological polar surface area (TPSA) is 0 Å². The first-order valence-electron chi connectivity index (χ1n) is 7.39. The lowest BCUT2D eigenvalue weighted by molar-refractivity contribution is 1.66. The van der Waals surface area contributed by atoms with E-state index in [1.54, 1.807) is 0 Å². The average Bonchev–Trinajstić information content (AvgIpc) is 2.64. The first-order chi connectivity index (χ1) is 11.3. The molecule has 0 nitrogen and oxygen atoms in total. The SMILES string of the molecule is C#Cc1ccccc1[Si](c1ccccc1)c1ccccc1C#C. The molecule has 0 N–H and O–H groups in total. The van der Waals surface area contributed by atoms with Crippen LogP contribution in [0.1, 0.15) is 11.1 Å². The highest BCUT2D eigenvalue weighted by atomic mass is 28.3. The Bertz CT molecular complexity index is 838. The minimum atomic E-state index is -1.25. The van der Waals surface area contributed by atoms with Crippen LogP contribution in [0.25, 0.3) is 0 Å². The molecule has 0 unspecified atom stereocenters. The summed E-state index contributed by atoms with van der Waals surface area (Å²) in [6.45, 7) is 0. The summed E-state index contributed by atoms with van der Waals surface area (Å²) in [5, 5.41) is 3.69. The Morgan fingerprint density at radius 3 is 1.48 bits per heavy atom. The second kappa shape index (κ2) is 6.84. The Balaban J connectivity index is 2.28. The Morgan fingerprint density at radius 1 is 0.565 bits per heavy atom. The van der Waals surface area contributed by atoms with Crippen molar-refractivity contribution in [1.82, 2.24) is 0 Å². The first-order valence-corrected chi connectivity index (χ1v) is 8.89. The minimum Gasteiger partial charge on any atom is -0.115 e. The molecule has 0 saturated heterocycles. The Kier molecular flexibility index (Phi) is 4.43. The molecule has 3 aromatic carbocycles. The van der Waals surface area contributed by atoms with Gasteiger partial charge in [-0.25, -0.2) is 0 Å². The Morgan fingerprint density at radius 2 is 1.00 bits per heavy atom. The van der Waals surface area contributed by atoms with Gasteiger partial charge in [0, 0.05) is 11.1 Å². The van der Waals surface area contributed by atoms with Gasteiger partial charge in [0.2, 0.25) is 0 Å². The summed E-state index contributed by atoms with van der Waals surface area (Å²) >= 11 is 0. The van der Waals surface area contributed by atoms with Crippen LogP contribution in [0, 0.1) is 24.7 Å². The van der Waals surface area contributed by atoms with Gasteiger partial charge in [-0.3, -0.25) is 0 Å². The summed E-state index contributed by atoms with van der Waals surface area (Å²) in [5.41, 5.74) is 1.88. The number of hydrogen-bond acceptors (Lipinski definition) is 0. The van der Waals surface area contributed by atoms with Gasteiger partial charge in [-0.2, -0.15) is 0 Å².